The highest BCUT2D eigenvalue weighted by Gasteiger charge is 1.55. The summed E-state index contributed by atoms with van der Waals surface area (Å²) >= 11 is 0. The van der Waals surface area contributed by atoms with Gasteiger partial charge in [0.1, 0.15) is 0 Å². The van der Waals surface area contributed by atoms with Crippen molar-refractivity contribution < 1.29 is 0 Å². The molecule has 0 bridgehead atoms. The van der Waals surface area contributed by atoms with E-state index >= 15 is 0 Å². The standard InChI is InChI=1S/2C2H6S2.4C2H6/c2*1-3-4-2;4*1-2/h2*1-2H3;4*1-2H3. The Morgan fingerprint density at radius 2 is 0.375 bits per heavy atom. The van der Waals surface area contributed by atoms with Gasteiger partial charge in [-0.25, -0.2) is 0 Å². The molecule has 0 rings (SSSR count). The summed E-state index contributed by atoms with van der Waals surface area (Å²) in [5.74, 6) is 0. The molecular formula is C12H36S4. The van der Waals surface area contributed by atoms with Crippen LogP contribution in [0.5, 0.6) is 0 Å². The number of hydrogen-bond acceptors (Lipinski definition) is 4. The van der Waals surface area contributed by atoms with E-state index in [2.05, 4.69) is 25.0 Å². The van der Waals surface area contributed by atoms with E-state index < -0.39 is 0 Å². The zero-order valence-corrected chi connectivity index (χ0v) is 16.9. The van der Waals surface area contributed by atoms with Gasteiger partial charge in [0, 0.05) is 0 Å². The third-order valence-electron chi connectivity index (χ3n) is 0.333. The Labute approximate surface area is 123 Å². The van der Waals surface area contributed by atoms with Crippen molar-refractivity contribution in [1.29, 1.82) is 0 Å². The highest BCUT2D eigenvalue weighted by Crippen LogP contribution is 2.09. The molecule has 4 heteroatoms. The summed E-state index contributed by atoms with van der Waals surface area (Å²) in [4.78, 5) is 0. The third-order valence-corrected chi connectivity index (χ3v) is 3.00. The molecule has 0 aromatic rings. The molecule has 0 saturated heterocycles. The molecule has 0 N–H and O–H groups in total. The average molecular weight is 309 g/mol. The summed E-state index contributed by atoms with van der Waals surface area (Å²) in [7, 11) is 7.09. The second-order valence-electron chi connectivity index (χ2n) is 0.667. The van der Waals surface area contributed by atoms with E-state index in [1.165, 1.54) is 0 Å². The van der Waals surface area contributed by atoms with Gasteiger partial charge >= 0.3 is 0 Å². The lowest BCUT2D eigenvalue weighted by molar-refractivity contribution is 1.50. The van der Waals surface area contributed by atoms with Crippen molar-refractivity contribution in [3.05, 3.63) is 0 Å². The zero-order valence-electron chi connectivity index (χ0n) is 13.6. The van der Waals surface area contributed by atoms with Crippen LogP contribution in [0, 0.1) is 0 Å². The van der Waals surface area contributed by atoms with Crippen molar-refractivity contribution in [1.82, 2.24) is 0 Å². The maximum atomic E-state index is 2.06. The lowest BCUT2D eigenvalue weighted by Gasteiger charge is -1.69. The third kappa shape index (κ3) is 276. The summed E-state index contributed by atoms with van der Waals surface area (Å²) < 4.78 is 0. The minimum Gasteiger partial charge on any atom is -0.0979 e. The van der Waals surface area contributed by atoms with E-state index in [9.17, 15) is 0 Å². The van der Waals surface area contributed by atoms with Crippen LogP contribution in [0.2, 0.25) is 0 Å². The molecule has 0 aliphatic carbocycles. The maximum absolute atomic E-state index is 2.06. The minimum atomic E-state index is 1.77. The average Bonchev–Trinajstić information content (AvgIpc) is 2.47. The predicted octanol–water partition coefficient (Wildman–Crippen LogP) is 7.36. The molecule has 0 aromatic carbocycles. The van der Waals surface area contributed by atoms with Gasteiger partial charge in [-0.2, -0.15) is 0 Å². The topological polar surface area (TPSA) is 0 Å². The number of rotatable bonds is 2. The fourth-order valence-corrected chi connectivity index (χ4v) is 0. The molecule has 0 aromatic heterocycles. The van der Waals surface area contributed by atoms with Crippen molar-refractivity contribution in [2.45, 2.75) is 55.4 Å². The molecular weight excluding hydrogens is 272 g/mol. The molecule has 0 amide bonds. The number of hydrogen-bond donors (Lipinski definition) is 0. The molecule has 0 saturated carbocycles. The molecule has 0 aliphatic rings. The van der Waals surface area contributed by atoms with Crippen molar-refractivity contribution in [3.63, 3.8) is 0 Å². The Balaban J connectivity index is -0.0000000196. The van der Waals surface area contributed by atoms with Crippen molar-refractivity contribution in [2.75, 3.05) is 25.0 Å². The Morgan fingerprint density at radius 1 is 0.312 bits per heavy atom. The summed E-state index contributed by atoms with van der Waals surface area (Å²) in [6.07, 6.45) is 8.24. The van der Waals surface area contributed by atoms with E-state index in [-0.39, 0.29) is 0 Å². The van der Waals surface area contributed by atoms with Gasteiger partial charge in [0.15, 0.2) is 0 Å². The molecule has 0 spiro atoms. The summed E-state index contributed by atoms with van der Waals surface area (Å²) in [5, 5.41) is 0. The lowest BCUT2D eigenvalue weighted by atomic mass is 11.0. The largest absolute Gasteiger partial charge is 0.0979 e. The first-order chi connectivity index (χ1) is 7.83. The van der Waals surface area contributed by atoms with Gasteiger partial charge < -0.3 is 0 Å². The zero-order chi connectivity index (χ0) is 14.8. The minimum absolute atomic E-state index is 1.77. The molecule has 0 unspecified atom stereocenters. The normalized spacial score (nSPS) is 5.25. The van der Waals surface area contributed by atoms with Crippen LogP contribution in [0.25, 0.3) is 0 Å². The summed E-state index contributed by atoms with van der Waals surface area (Å²) in [6, 6.07) is 0. The quantitative estimate of drug-likeness (QED) is 0.488. The smallest absolute Gasteiger partial charge is 0.00793 e. The van der Waals surface area contributed by atoms with Gasteiger partial charge in [0.25, 0.3) is 0 Å². The lowest BCUT2D eigenvalue weighted by Crippen LogP contribution is -1.28. The second kappa shape index (κ2) is 133. The highest BCUT2D eigenvalue weighted by atomic mass is 33.1. The monoisotopic (exact) mass is 308 g/mol. The first kappa shape index (κ1) is 36.0. The Hall–Kier alpha value is 1.40. The molecule has 0 radical (unpaired) electrons. The van der Waals surface area contributed by atoms with Gasteiger partial charge in [-0.05, 0) is 25.0 Å². The van der Waals surface area contributed by atoms with E-state index in [0.29, 0.717) is 0 Å². The molecule has 0 nitrogen and oxygen atoms in total. The molecule has 0 aliphatic heterocycles. The van der Waals surface area contributed by atoms with Crippen LogP contribution in [-0.4, -0.2) is 25.0 Å². The maximum Gasteiger partial charge on any atom is -0.00793 e. The van der Waals surface area contributed by atoms with Crippen molar-refractivity contribution in [3.8, 4) is 0 Å². The van der Waals surface area contributed by atoms with E-state index in [4.69, 9.17) is 0 Å². The van der Waals surface area contributed by atoms with E-state index in [1.54, 1.807) is 43.2 Å². The van der Waals surface area contributed by atoms with Gasteiger partial charge in [0.05, 0.1) is 0 Å². The molecule has 0 fully saturated rings. The fourth-order valence-electron chi connectivity index (χ4n) is 0. The Morgan fingerprint density at radius 3 is 0.375 bits per heavy atom. The van der Waals surface area contributed by atoms with Crippen LogP contribution in [0.15, 0.2) is 0 Å². The molecule has 16 heavy (non-hydrogen) atoms. The van der Waals surface area contributed by atoms with Gasteiger partial charge in [0.2, 0.25) is 0 Å². The summed E-state index contributed by atoms with van der Waals surface area (Å²) in [5.41, 5.74) is 0. The molecule has 0 heterocycles. The van der Waals surface area contributed by atoms with Gasteiger partial charge in [-0.3, -0.25) is 0 Å². The first-order valence-corrected chi connectivity index (χ1v) is 11.9. The van der Waals surface area contributed by atoms with E-state index in [0.717, 1.165) is 0 Å². The van der Waals surface area contributed by atoms with Gasteiger partial charge in [-0.15, -0.1) is 0 Å². The van der Waals surface area contributed by atoms with Crippen molar-refractivity contribution >= 4 is 43.2 Å². The Kier molecular flexibility index (Phi) is 300. The molecule has 0 atom stereocenters. The van der Waals surface area contributed by atoms with E-state index in [1.807, 2.05) is 55.4 Å². The molecule has 108 valence electrons. The predicted molar refractivity (Wildman–Crippen MR) is 99.5 cm³/mol. The second-order valence-corrected chi connectivity index (χ2v) is 6.00. The highest BCUT2D eigenvalue weighted by molar-refractivity contribution is 8.76. The van der Waals surface area contributed by atoms with Crippen LogP contribution < -0.4 is 0 Å². The van der Waals surface area contributed by atoms with Crippen molar-refractivity contribution in [2.24, 2.45) is 0 Å². The first-order valence-electron chi connectivity index (χ1n) is 5.97. The Bertz CT molecular complexity index is 21.0. The van der Waals surface area contributed by atoms with Crippen LogP contribution in [0.1, 0.15) is 55.4 Å². The van der Waals surface area contributed by atoms with Crippen LogP contribution in [0.3, 0.4) is 0 Å². The fraction of sp³-hybridized carbons (Fsp3) is 1.00. The van der Waals surface area contributed by atoms with Crippen LogP contribution >= 0.6 is 43.2 Å². The van der Waals surface area contributed by atoms with Gasteiger partial charge in [-0.1, -0.05) is 98.6 Å². The summed E-state index contributed by atoms with van der Waals surface area (Å²) in [6.45, 7) is 16.0. The van der Waals surface area contributed by atoms with Crippen LogP contribution in [-0.2, 0) is 0 Å². The SMILES string of the molecule is CC.CC.CC.CC.CSSC.CSSC. The van der Waals surface area contributed by atoms with Crippen LogP contribution in [0.4, 0.5) is 0 Å².